The Morgan fingerprint density at radius 3 is 2.94 bits per heavy atom. The van der Waals surface area contributed by atoms with Crippen molar-refractivity contribution < 1.29 is 5.26 Å². The van der Waals surface area contributed by atoms with Gasteiger partial charge in [-0.25, -0.2) is 4.98 Å². The van der Waals surface area contributed by atoms with Crippen LogP contribution in [0.4, 0.5) is 11.5 Å². The van der Waals surface area contributed by atoms with Crippen molar-refractivity contribution in [2.75, 3.05) is 30.4 Å². The van der Waals surface area contributed by atoms with E-state index in [0.29, 0.717) is 35.4 Å². The molecular formula is C22H25Cl2N8O+. The molecule has 4 heterocycles. The molecule has 0 spiro atoms. The lowest BCUT2D eigenvalue weighted by molar-refractivity contribution is -0.0910. The minimum absolute atomic E-state index is 0.0478. The lowest BCUT2D eigenvalue weighted by Crippen LogP contribution is -2.43. The molecule has 0 aromatic carbocycles. The minimum Gasteiger partial charge on any atom is -0.383 e. The van der Waals surface area contributed by atoms with Gasteiger partial charge in [-0.1, -0.05) is 28.5 Å². The van der Waals surface area contributed by atoms with E-state index < -0.39 is 0 Å². The molecule has 33 heavy (non-hydrogen) atoms. The van der Waals surface area contributed by atoms with Crippen molar-refractivity contribution in [1.29, 1.82) is 0 Å². The van der Waals surface area contributed by atoms with E-state index in [-0.39, 0.29) is 22.6 Å². The second kappa shape index (κ2) is 9.83. The smallest absolute Gasteiger partial charge is 0.310 e. The first-order valence-corrected chi connectivity index (χ1v) is 11.4. The quantitative estimate of drug-likeness (QED) is 0.478. The Hall–Kier alpha value is -3.06. The molecule has 4 rings (SSSR count). The predicted molar refractivity (Wildman–Crippen MR) is 130 cm³/mol. The molecule has 1 aliphatic heterocycles. The van der Waals surface area contributed by atoms with Gasteiger partial charge in [-0.05, 0) is 31.1 Å². The van der Waals surface area contributed by atoms with Crippen molar-refractivity contribution in [2.24, 2.45) is 5.73 Å². The highest BCUT2D eigenvalue weighted by atomic mass is 35.5. The number of halogens is 2. The van der Waals surface area contributed by atoms with Crippen LogP contribution in [0.15, 0.2) is 40.0 Å². The number of rotatable bonds is 6. The van der Waals surface area contributed by atoms with Gasteiger partial charge < -0.3 is 20.5 Å². The van der Waals surface area contributed by atoms with Gasteiger partial charge in [0.15, 0.2) is 0 Å². The Labute approximate surface area is 201 Å². The molecule has 1 fully saturated rings. The van der Waals surface area contributed by atoms with Crippen LogP contribution in [0.1, 0.15) is 24.1 Å². The Morgan fingerprint density at radius 2 is 2.24 bits per heavy atom. The van der Waals surface area contributed by atoms with Crippen LogP contribution < -0.4 is 26.8 Å². The highest BCUT2D eigenvalue weighted by Gasteiger charge is 2.28. The number of pyridine rings is 1. The van der Waals surface area contributed by atoms with E-state index in [2.05, 4.69) is 26.3 Å². The number of allylic oxidation sites excluding steroid dienone is 1. The first-order valence-electron chi connectivity index (χ1n) is 10.6. The third-order valence-electron chi connectivity index (χ3n) is 5.78. The molecule has 0 aliphatic carbocycles. The van der Waals surface area contributed by atoms with Crippen molar-refractivity contribution >= 4 is 45.7 Å². The summed E-state index contributed by atoms with van der Waals surface area (Å²) in [5, 5.41) is 10.7. The molecule has 3 aromatic rings. The van der Waals surface area contributed by atoms with Gasteiger partial charge in [0.25, 0.3) is 5.56 Å². The van der Waals surface area contributed by atoms with Gasteiger partial charge in [0.2, 0.25) is 0 Å². The van der Waals surface area contributed by atoms with Crippen molar-refractivity contribution in [2.45, 2.75) is 32.0 Å². The van der Waals surface area contributed by atoms with Crippen molar-refractivity contribution in [1.82, 2.24) is 19.1 Å². The summed E-state index contributed by atoms with van der Waals surface area (Å²) in [6.45, 7) is 1.95. The lowest BCUT2D eigenvalue weighted by atomic mass is 10.1. The maximum absolute atomic E-state index is 13.7. The number of aromatic nitrogens is 4. The first kappa shape index (κ1) is 23.1. The number of nitrogens with one attached hydrogen (secondary N) is 2. The van der Waals surface area contributed by atoms with Gasteiger partial charge in [0, 0.05) is 38.9 Å². The molecule has 0 unspecified atom stereocenters. The Kier molecular flexibility index (Phi) is 6.88. The summed E-state index contributed by atoms with van der Waals surface area (Å²) in [5.41, 5.74) is 8.86. The second-order valence-electron chi connectivity index (χ2n) is 7.90. The van der Waals surface area contributed by atoms with Crippen molar-refractivity contribution in [3.8, 4) is 6.07 Å². The topological polar surface area (TPSA) is 118 Å². The molecule has 172 valence electrons. The zero-order chi connectivity index (χ0) is 23.5. The number of nitrogens with zero attached hydrogens (tertiary/aromatic N) is 5. The molecular weight excluding hydrogens is 463 g/mol. The molecule has 0 radical (unpaired) electrons. The standard InChI is InChI=1S/C22H24Cl2N8O/c1-27-19-18-20(22(33)31(13-29-18)12-16-14(10-25)4-2-7-28-16)32(9-6-17(23)24)21(19)30-8-3-5-15(26)11-30/h2,4,6-7,13,15,27H,3,5,8-9,11-12,26H2,1H3/p+1/t15-/m0/s1. The summed E-state index contributed by atoms with van der Waals surface area (Å²) in [7, 11) is 1.81. The van der Waals surface area contributed by atoms with Crippen LogP contribution in [0.2, 0.25) is 0 Å². The molecule has 4 N–H and O–H groups in total. The summed E-state index contributed by atoms with van der Waals surface area (Å²) in [6.07, 6.45) is 6.69. The summed E-state index contributed by atoms with van der Waals surface area (Å²) >= 11 is 11.8. The van der Waals surface area contributed by atoms with Gasteiger partial charge in [0.05, 0.1) is 18.6 Å². The third-order valence-corrected chi connectivity index (χ3v) is 6.09. The van der Waals surface area contributed by atoms with E-state index in [1.54, 1.807) is 24.4 Å². The maximum atomic E-state index is 13.7. The second-order valence-corrected chi connectivity index (χ2v) is 8.91. The monoisotopic (exact) mass is 487 g/mol. The molecule has 0 amide bonds. The fourth-order valence-electron chi connectivity index (χ4n) is 4.30. The molecule has 0 saturated carbocycles. The van der Waals surface area contributed by atoms with E-state index in [9.17, 15) is 4.79 Å². The highest BCUT2D eigenvalue weighted by molar-refractivity contribution is 6.55. The Bertz CT molecular complexity index is 1300. The fourth-order valence-corrected chi connectivity index (χ4v) is 4.44. The Balaban J connectivity index is 1.92. The lowest BCUT2D eigenvalue weighted by Gasteiger charge is -2.33. The van der Waals surface area contributed by atoms with E-state index in [1.165, 1.54) is 10.9 Å². The van der Waals surface area contributed by atoms with Gasteiger partial charge in [-0.3, -0.25) is 14.3 Å². The van der Waals surface area contributed by atoms with E-state index in [4.69, 9.17) is 34.2 Å². The van der Waals surface area contributed by atoms with Gasteiger partial charge in [0.1, 0.15) is 32.6 Å². The van der Waals surface area contributed by atoms with Gasteiger partial charge in [-0.2, -0.15) is 0 Å². The summed E-state index contributed by atoms with van der Waals surface area (Å²) in [4.78, 5) is 24.8. The van der Waals surface area contributed by atoms with Crippen LogP contribution in [-0.4, -0.2) is 45.3 Å². The first-order chi connectivity index (χ1) is 15.9. The maximum Gasteiger partial charge on any atom is 0.310 e. The SMILES string of the molecule is CNc1c(N2CCC[C@H](N)C2)n(CC=C(Cl)Cl)c2c(=O)n(Cc3ncccc3C#[NH+])cnc12. The molecule has 1 aliphatic rings. The van der Waals surface area contributed by atoms with Crippen LogP contribution in [0.25, 0.3) is 11.0 Å². The third kappa shape index (κ3) is 4.55. The van der Waals surface area contributed by atoms with E-state index in [1.807, 2.05) is 11.6 Å². The van der Waals surface area contributed by atoms with Crippen LogP contribution in [0.5, 0.6) is 0 Å². The summed E-state index contributed by atoms with van der Waals surface area (Å²) in [6, 6.07) is 5.88. The van der Waals surface area contributed by atoms with Crippen molar-refractivity contribution in [3.63, 3.8) is 0 Å². The van der Waals surface area contributed by atoms with E-state index in [0.717, 1.165) is 30.9 Å². The molecule has 1 saturated heterocycles. The van der Waals surface area contributed by atoms with Crippen LogP contribution >= 0.6 is 23.2 Å². The zero-order valence-corrected chi connectivity index (χ0v) is 19.7. The number of piperidine rings is 1. The van der Waals surface area contributed by atoms with Gasteiger partial charge in [-0.15, -0.1) is 0 Å². The molecule has 11 heteroatoms. The number of hydrogen-bond donors (Lipinski definition) is 3. The number of fused-ring (bicyclic) bond motifs is 1. The number of nitrogens with two attached hydrogens (primary N) is 1. The molecule has 1 atom stereocenters. The van der Waals surface area contributed by atoms with Crippen molar-refractivity contribution in [3.05, 3.63) is 56.8 Å². The predicted octanol–water partition coefficient (Wildman–Crippen LogP) is 1.05. The number of anilines is 2. The molecule has 3 aromatic heterocycles. The van der Waals surface area contributed by atoms with Gasteiger partial charge >= 0.3 is 6.07 Å². The fraction of sp³-hybridized carbons (Fsp3) is 0.364. The normalized spacial score (nSPS) is 16.0. The van der Waals surface area contributed by atoms with Crippen LogP contribution in [0, 0.1) is 6.07 Å². The summed E-state index contributed by atoms with van der Waals surface area (Å²) in [5.74, 6) is 0.835. The highest BCUT2D eigenvalue weighted by Crippen LogP contribution is 2.36. The largest absolute Gasteiger partial charge is 0.383 e. The van der Waals surface area contributed by atoms with E-state index >= 15 is 0 Å². The summed E-state index contributed by atoms with van der Waals surface area (Å²) < 4.78 is 3.49. The average molecular weight is 488 g/mol. The minimum atomic E-state index is -0.232. The van der Waals surface area contributed by atoms with Crippen LogP contribution in [0.3, 0.4) is 0 Å². The molecule has 9 nitrogen and oxygen atoms in total. The van der Waals surface area contributed by atoms with Crippen LogP contribution in [-0.2, 0) is 13.1 Å². The molecule has 0 bridgehead atoms. The zero-order valence-electron chi connectivity index (χ0n) is 18.2. The average Bonchev–Trinajstić information content (AvgIpc) is 3.13. The number of hydrogen-bond acceptors (Lipinski definition) is 6. The Morgan fingerprint density at radius 1 is 1.42 bits per heavy atom.